The molecule has 0 saturated heterocycles. The van der Waals surface area contributed by atoms with Crippen LogP contribution in [-0.2, 0) is 0 Å². The van der Waals surface area contributed by atoms with Gasteiger partial charge in [0.2, 0.25) is 0 Å². The summed E-state index contributed by atoms with van der Waals surface area (Å²) in [6.07, 6.45) is 9.29. The minimum absolute atomic E-state index is 0.343. The van der Waals surface area contributed by atoms with E-state index in [4.69, 9.17) is 0 Å². The van der Waals surface area contributed by atoms with Crippen molar-refractivity contribution in [2.45, 2.75) is 12.5 Å². The molecule has 0 spiro atoms. The Morgan fingerprint density at radius 1 is 1.60 bits per heavy atom. The Hall–Kier alpha value is -1.05. The Bertz CT molecular complexity index is 213. The van der Waals surface area contributed by atoms with Crippen molar-refractivity contribution in [3.63, 3.8) is 0 Å². The Balaban J connectivity index is 2.26. The molecule has 0 aromatic rings. The van der Waals surface area contributed by atoms with E-state index in [0.717, 1.165) is 13.0 Å². The van der Waals surface area contributed by atoms with E-state index >= 15 is 0 Å². The molecule has 1 atom stereocenters. The van der Waals surface area contributed by atoms with Crippen molar-refractivity contribution in [1.29, 1.82) is 0 Å². The number of hydrogen-bond acceptors (Lipinski definition) is 2. The molecular formula is C8H10N2. The lowest BCUT2D eigenvalue weighted by molar-refractivity contribution is 0.781. The lowest BCUT2D eigenvalue weighted by atomic mass is 10.0. The molecule has 1 unspecified atom stereocenters. The lowest BCUT2D eigenvalue weighted by Crippen LogP contribution is -2.24. The van der Waals surface area contributed by atoms with Crippen molar-refractivity contribution < 1.29 is 0 Å². The molecule has 2 heterocycles. The van der Waals surface area contributed by atoms with Crippen molar-refractivity contribution in [2.24, 2.45) is 4.99 Å². The first-order chi connectivity index (χ1) is 4.97. The van der Waals surface area contributed by atoms with Gasteiger partial charge in [0.05, 0.1) is 6.04 Å². The Kier molecular flexibility index (Phi) is 1.31. The molecule has 2 rings (SSSR count). The average molecular weight is 134 g/mol. The number of nitrogens with one attached hydrogen (secondary N) is 1. The molecule has 0 fully saturated rings. The quantitative estimate of drug-likeness (QED) is 0.488. The molecule has 52 valence electrons. The summed E-state index contributed by atoms with van der Waals surface area (Å²) in [7, 11) is 0. The number of dihydropyridines is 1. The van der Waals surface area contributed by atoms with E-state index in [9.17, 15) is 0 Å². The minimum atomic E-state index is 0.343. The zero-order chi connectivity index (χ0) is 6.81. The predicted octanol–water partition coefficient (Wildman–Crippen LogP) is 0.873. The average Bonchev–Trinajstić information content (AvgIpc) is 2.05. The van der Waals surface area contributed by atoms with Crippen LogP contribution in [0.2, 0.25) is 0 Å². The third-order valence-electron chi connectivity index (χ3n) is 1.83. The monoisotopic (exact) mass is 134 g/mol. The van der Waals surface area contributed by atoms with Crippen LogP contribution in [0.15, 0.2) is 28.9 Å². The second-order valence-electron chi connectivity index (χ2n) is 2.53. The first-order valence-electron chi connectivity index (χ1n) is 3.57. The van der Waals surface area contributed by atoms with Crippen molar-refractivity contribution >= 4 is 6.21 Å². The van der Waals surface area contributed by atoms with Crippen LogP contribution in [0.3, 0.4) is 0 Å². The van der Waals surface area contributed by atoms with Gasteiger partial charge in [-0.05, 0) is 17.8 Å². The fraction of sp³-hybridized carbons (Fsp3) is 0.375. The molecule has 0 saturated carbocycles. The number of allylic oxidation sites excluding steroid dienone is 1. The fourth-order valence-corrected chi connectivity index (χ4v) is 1.28. The van der Waals surface area contributed by atoms with Gasteiger partial charge in [-0.3, -0.25) is 4.99 Å². The molecule has 2 nitrogen and oxygen atoms in total. The van der Waals surface area contributed by atoms with Crippen LogP contribution in [-0.4, -0.2) is 18.8 Å². The second kappa shape index (κ2) is 2.29. The van der Waals surface area contributed by atoms with Crippen LogP contribution in [0.5, 0.6) is 0 Å². The molecule has 2 heteroatoms. The van der Waals surface area contributed by atoms with E-state index in [1.807, 2.05) is 12.4 Å². The van der Waals surface area contributed by atoms with Crippen molar-refractivity contribution in [3.05, 3.63) is 23.9 Å². The molecule has 2 aliphatic heterocycles. The van der Waals surface area contributed by atoms with Crippen molar-refractivity contribution in [2.75, 3.05) is 6.54 Å². The summed E-state index contributed by atoms with van der Waals surface area (Å²) in [5, 5.41) is 3.16. The summed E-state index contributed by atoms with van der Waals surface area (Å²) in [4.78, 5) is 4.33. The topological polar surface area (TPSA) is 24.4 Å². The first kappa shape index (κ1) is 5.71. The molecule has 0 aromatic heterocycles. The highest BCUT2D eigenvalue weighted by atomic mass is 14.9. The van der Waals surface area contributed by atoms with E-state index in [2.05, 4.69) is 22.5 Å². The normalized spacial score (nSPS) is 28.8. The summed E-state index contributed by atoms with van der Waals surface area (Å²) in [6, 6.07) is 0.343. The van der Waals surface area contributed by atoms with Gasteiger partial charge in [-0.15, -0.1) is 0 Å². The number of nitrogens with zero attached hydrogens (tertiary/aromatic N) is 1. The van der Waals surface area contributed by atoms with Crippen LogP contribution in [0, 0.1) is 0 Å². The number of rotatable bonds is 0. The molecule has 1 N–H and O–H groups in total. The Labute approximate surface area is 60.3 Å². The summed E-state index contributed by atoms with van der Waals surface area (Å²) < 4.78 is 0. The molecule has 0 bridgehead atoms. The zero-order valence-corrected chi connectivity index (χ0v) is 5.75. The van der Waals surface area contributed by atoms with Gasteiger partial charge in [0.1, 0.15) is 0 Å². The third kappa shape index (κ3) is 0.856. The molecule has 0 aromatic carbocycles. The Morgan fingerprint density at radius 3 is 3.50 bits per heavy atom. The van der Waals surface area contributed by atoms with Gasteiger partial charge in [0.15, 0.2) is 0 Å². The fourth-order valence-electron chi connectivity index (χ4n) is 1.28. The molecule has 10 heavy (non-hydrogen) atoms. The highest BCUT2D eigenvalue weighted by Crippen LogP contribution is 2.14. The van der Waals surface area contributed by atoms with Gasteiger partial charge in [0, 0.05) is 19.2 Å². The first-order valence-corrected chi connectivity index (χ1v) is 3.57. The van der Waals surface area contributed by atoms with Gasteiger partial charge in [0.25, 0.3) is 0 Å². The van der Waals surface area contributed by atoms with Crippen molar-refractivity contribution in [3.8, 4) is 0 Å². The van der Waals surface area contributed by atoms with Crippen LogP contribution >= 0.6 is 0 Å². The molecule has 0 amide bonds. The molecule has 2 aliphatic rings. The summed E-state index contributed by atoms with van der Waals surface area (Å²) in [5.41, 5.74) is 1.41. The summed E-state index contributed by atoms with van der Waals surface area (Å²) in [5.74, 6) is 0. The Morgan fingerprint density at radius 2 is 2.60 bits per heavy atom. The van der Waals surface area contributed by atoms with Crippen LogP contribution in [0.25, 0.3) is 0 Å². The molecule has 0 radical (unpaired) electrons. The highest BCUT2D eigenvalue weighted by Gasteiger charge is 2.13. The standard InChI is InChI=1S/C8H10N2/c1-2-7-6-9-5-3-8(7)10-4-1/h2-5,8-9H,1,6H2. The second-order valence-corrected chi connectivity index (χ2v) is 2.53. The van der Waals surface area contributed by atoms with Crippen LogP contribution in [0.1, 0.15) is 6.42 Å². The van der Waals surface area contributed by atoms with Crippen LogP contribution < -0.4 is 5.32 Å². The smallest absolute Gasteiger partial charge is 0.0920 e. The number of aliphatic imine (C=N–C) groups is 1. The summed E-state index contributed by atoms with van der Waals surface area (Å²) in [6.45, 7) is 0.971. The van der Waals surface area contributed by atoms with Gasteiger partial charge in [-0.2, -0.15) is 0 Å². The van der Waals surface area contributed by atoms with E-state index in [-0.39, 0.29) is 0 Å². The number of hydrogen-bond donors (Lipinski definition) is 1. The zero-order valence-electron chi connectivity index (χ0n) is 5.75. The van der Waals surface area contributed by atoms with Gasteiger partial charge < -0.3 is 5.32 Å². The van der Waals surface area contributed by atoms with E-state index in [0.29, 0.717) is 6.04 Å². The lowest BCUT2D eigenvalue weighted by Gasteiger charge is -2.20. The van der Waals surface area contributed by atoms with Gasteiger partial charge in [-0.25, -0.2) is 0 Å². The predicted molar refractivity (Wildman–Crippen MR) is 42.1 cm³/mol. The maximum atomic E-state index is 4.33. The molecule has 0 aliphatic carbocycles. The van der Waals surface area contributed by atoms with Gasteiger partial charge >= 0.3 is 0 Å². The molecular weight excluding hydrogens is 124 g/mol. The van der Waals surface area contributed by atoms with Crippen LogP contribution in [0.4, 0.5) is 0 Å². The van der Waals surface area contributed by atoms with E-state index in [1.165, 1.54) is 5.57 Å². The minimum Gasteiger partial charge on any atom is -0.387 e. The van der Waals surface area contributed by atoms with E-state index < -0.39 is 0 Å². The highest BCUT2D eigenvalue weighted by molar-refractivity contribution is 5.63. The van der Waals surface area contributed by atoms with E-state index in [1.54, 1.807) is 0 Å². The van der Waals surface area contributed by atoms with Gasteiger partial charge in [-0.1, -0.05) is 6.08 Å². The summed E-state index contributed by atoms with van der Waals surface area (Å²) >= 11 is 0. The van der Waals surface area contributed by atoms with Crippen molar-refractivity contribution in [1.82, 2.24) is 5.32 Å². The number of fused-ring (bicyclic) bond motifs is 1. The largest absolute Gasteiger partial charge is 0.387 e. The maximum Gasteiger partial charge on any atom is 0.0920 e. The SMILES string of the molecule is C1=CC2N=CCC=C2CN1. The maximum absolute atomic E-state index is 4.33. The third-order valence-corrected chi connectivity index (χ3v) is 1.83.